The molecule has 1 heterocycles. The Morgan fingerprint density at radius 2 is 2.18 bits per heavy atom. The van der Waals surface area contributed by atoms with Crippen LogP contribution in [0.2, 0.25) is 5.02 Å². The maximum atomic E-state index is 10.9. The summed E-state index contributed by atoms with van der Waals surface area (Å²) in [6, 6.07) is 6.98. The normalized spacial score (nSPS) is 10.2. The maximum absolute atomic E-state index is 10.9. The van der Waals surface area contributed by atoms with Gasteiger partial charge in [0.25, 0.3) is 0 Å². The Hall–Kier alpha value is -2.01. The summed E-state index contributed by atoms with van der Waals surface area (Å²) in [6.45, 7) is 0. The van der Waals surface area contributed by atoms with E-state index in [-0.39, 0.29) is 11.4 Å². The van der Waals surface area contributed by atoms with Crippen molar-refractivity contribution in [2.24, 2.45) is 0 Å². The van der Waals surface area contributed by atoms with Crippen molar-refractivity contribution in [2.45, 2.75) is 0 Å². The number of hydrogen-bond donors (Lipinski definition) is 1. The lowest BCUT2D eigenvalue weighted by molar-refractivity contribution is 0.0693. The van der Waals surface area contributed by atoms with Gasteiger partial charge in [-0.3, -0.25) is 0 Å². The molecule has 2 aromatic rings. The van der Waals surface area contributed by atoms with Crippen molar-refractivity contribution in [2.75, 3.05) is 7.11 Å². The lowest BCUT2D eigenvalue weighted by Gasteiger charge is -2.08. The monoisotopic (exact) mass is 252 g/mol. The van der Waals surface area contributed by atoms with Crippen LogP contribution in [0.1, 0.15) is 10.4 Å². The third kappa shape index (κ3) is 1.97. The van der Waals surface area contributed by atoms with E-state index >= 15 is 0 Å². The molecule has 2 rings (SSSR count). The molecule has 1 N–H and O–H groups in total. The molecule has 0 amide bonds. The Balaban J connectivity index is 2.61. The van der Waals surface area contributed by atoms with Crippen LogP contribution in [0.15, 0.2) is 30.5 Å². The first-order valence-corrected chi connectivity index (χ1v) is 5.13. The van der Waals surface area contributed by atoms with Crippen LogP contribution in [0.5, 0.6) is 5.88 Å². The molecule has 0 atom stereocenters. The highest BCUT2D eigenvalue weighted by Crippen LogP contribution is 2.26. The van der Waals surface area contributed by atoms with Crippen molar-refractivity contribution in [1.29, 1.82) is 0 Å². The summed E-state index contributed by atoms with van der Waals surface area (Å²) in [4.78, 5) is 10.9. The number of methoxy groups -OCH3 is 1. The van der Waals surface area contributed by atoms with Crippen LogP contribution < -0.4 is 4.74 Å². The number of carboxylic acid groups (broad SMARTS) is 1. The summed E-state index contributed by atoms with van der Waals surface area (Å²) >= 11 is 6.01. The summed E-state index contributed by atoms with van der Waals surface area (Å²) < 4.78 is 6.40. The van der Waals surface area contributed by atoms with Crippen molar-refractivity contribution < 1.29 is 14.6 Å². The SMILES string of the molecule is COc1c(C(=O)O)cnn1-c1ccccc1Cl. The fraction of sp³-hybridized carbons (Fsp3) is 0.0909. The van der Waals surface area contributed by atoms with Gasteiger partial charge in [-0.15, -0.1) is 0 Å². The van der Waals surface area contributed by atoms with Gasteiger partial charge in [-0.05, 0) is 12.1 Å². The van der Waals surface area contributed by atoms with E-state index in [1.165, 1.54) is 18.0 Å². The Bertz CT molecular complexity index is 566. The number of benzene rings is 1. The summed E-state index contributed by atoms with van der Waals surface area (Å²) in [5, 5.41) is 13.4. The molecule has 0 aliphatic carbocycles. The van der Waals surface area contributed by atoms with Gasteiger partial charge in [0.15, 0.2) is 0 Å². The minimum atomic E-state index is -1.10. The first kappa shape index (κ1) is 11.5. The largest absolute Gasteiger partial charge is 0.480 e. The van der Waals surface area contributed by atoms with Gasteiger partial charge < -0.3 is 9.84 Å². The Morgan fingerprint density at radius 3 is 2.76 bits per heavy atom. The van der Waals surface area contributed by atoms with Gasteiger partial charge in [-0.1, -0.05) is 23.7 Å². The van der Waals surface area contributed by atoms with E-state index in [0.29, 0.717) is 10.7 Å². The number of aromatic nitrogens is 2. The van der Waals surface area contributed by atoms with Gasteiger partial charge >= 0.3 is 5.97 Å². The zero-order valence-electron chi connectivity index (χ0n) is 8.92. The molecule has 0 aliphatic heterocycles. The van der Waals surface area contributed by atoms with E-state index in [0.717, 1.165) is 0 Å². The third-order valence-corrected chi connectivity index (χ3v) is 2.55. The molecule has 0 saturated heterocycles. The molecule has 17 heavy (non-hydrogen) atoms. The van der Waals surface area contributed by atoms with Gasteiger partial charge in [-0.25, -0.2) is 4.79 Å². The molecule has 0 fully saturated rings. The van der Waals surface area contributed by atoms with Crippen molar-refractivity contribution in [1.82, 2.24) is 9.78 Å². The van der Waals surface area contributed by atoms with E-state index in [4.69, 9.17) is 21.4 Å². The Kier molecular flexibility index (Phi) is 3.01. The fourth-order valence-corrected chi connectivity index (χ4v) is 1.69. The van der Waals surface area contributed by atoms with E-state index in [1.54, 1.807) is 24.3 Å². The molecule has 0 radical (unpaired) electrons. The molecule has 0 saturated carbocycles. The standard InChI is InChI=1S/C11H9ClN2O3/c1-17-10-7(11(15)16)6-13-14(10)9-5-3-2-4-8(9)12/h2-6H,1H3,(H,15,16). The van der Waals surface area contributed by atoms with Gasteiger partial charge in [-0.2, -0.15) is 9.78 Å². The highest BCUT2D eigenvalue weighted by atomic mass is 35.5. The number of halogens is 1. The van der Waals surface area contributed by atoms with Crippen molar-refractivity contribution in [3.63, 3.8) is 0 Å². The molecule has 5 nitrogen and oxygen atoms in total. The molecule has 1 aromatic carbocycles. The zero-order chi connectivity index (χ0) is 12.4. The topological polar surface area (TPSA) is 64.3 Å². The van der Waals surface area contributed by atoms with E-state index in [2.05, 4.69) is 5.10 Å². The number of nitrogens with zero attached hydrogens (tertiary/aromatic N) is 2. The third-order valence-electron chi connectivity index (χ3n) is 2.23. The van der Waals surface area contributed by atoms with Crippen LogP contribution in [0.25, 0.3) is 5.69 Å². The van der Waals surface area contributed by atoms with Gasteiger partial charge in [0.2, 0.25) is 5.88 Å². The summed E-state index contributed by atoms with van der Waals surface area (Å²) in [5.74, 6) is -0.953. The average Bonchev–Trinajstić information content (AvgIpc) is 2.73. The maximum Gasteiger partial charge on any atom is 0.342 e. The van der Waals surface area contributed by atoms with E-state index in [1.807, 2.05) is 0 Å². The molecule has 6 heteroatoms. The average molecular weight is 253 g/mol. The summed E-state index contributed by atoms with van der Waals surface area (Å²) in [6.07, 6.45) is 1.23. The summed E-state index contributed by atoms with van der Waals surface area (Å²) in [7, 11) is 1.39. The van der Waals surface area contributed by atoms with Crippen LogP contribution in [0.3, 0.4) is 0 Å². The van der Waals surface area contributed by atoms with Crippen molar-refractivity contribution in [3.05, 3.63) is 41.0 Å². The van der Waals surface area contributed by atoms with E-state index < -0.39 is 5.97 Å². The highest BCUT2D eigenvalue weighted by molar-refractivity contribution is 6.32. The number of rotatable bonds is 3. The minimum absolute atomic E-state index is 0.00702. The highest BCUT2D eigenvalue weighted by Gasteiger charge is 2.19. The molecule has 88 valence electrons. The zero-order valence-corrected chi connectivity index (χ0v) is 9.68. The van der Waals surface area contributed by atoms with Crippen LogP contribution in [0, 0.1) is 0 Å². The molecule has 0 unspecified atom stereocenters. The first-order chi connectivity index (χ1) is 8.15. The van der Waals surface area contributed by atoms with Crippen LogP contribution in [0.4, 0.5) is 0 Å². The molecule has 0 spiro atoms. The second kappa shape index (κ2) is 4.47. The molecular formula is C11H9ClN2O3. The predicted octanol–water partition coefficient (Wildman–Crippen LogP) is 2.23. The Morgan fingerprint density at radius 1 is 1.47 bits per heavy atom. The van der Waals surface area contributed by atoms with Crippen molar-refractivity contribution >= 4 is 17.6 Å². The summed E-state index contributed by atoms with van der Waals surface area (Å²) in [5.41, 5.74) is 0.561. The van der Waals surface area contributed by atoms with Crippen LogP contribution in [-0.4, -0.2) is 28.0 Å². The molecule has 1 aromatic heterocycles. The quantitative estimate of drug-likeness (QED) is 0.910. The second-order valence-corrected chi connectivity index (χ2v) is 3.64. The van der Waals surface area contributed by atoms with Gasteiger partial charge in [0, 0.05) is 0 Å². The molecule has 0 aliphatic rings. The lowest BCUT2D eigenvalue weighted by atomic mass is 10.3. The van der Waals surface area contributed by atoms with Crippen LogP contribution in [-0.2, 0) is 0 Å². The number of carboxylic acids is 1. The number of ether oxygens (including phenoxy) is 1. The van der Waals surface area contributed by atoms with Gasteiger partial charge in [0.05, 0.1) is 24.0 Å². The number of para-hydroxylation sites is 1. The second-order valence-electron chi connectivity index (χ2n) is 3.24. The lowest BCUT2D eigenvalue weighted by Crippen LogP contribution is -2.03. The van der Waals surface area contributed by atoms with Crippen molar-refractivity contribution in [3.8, 4) is 11.6 Å². The molecule has 0 bridgehead atoms. The Labute approximate surface area is 102 Å². The number of hydrogen-bond acceptors (Lipinski definition) is 3. The first-order valence-electron chi connectivity index (χ1n) is 4.75. The predicted molar refractivity (Wildman–Crippen MR) is 62.1 cm³/mol. The smallest absolute Gasteiger partial charge is 0.342 e. The fourth-order valence-electron chi connectivity index (χ4n) is 1.48. The van der Waals surface area contributed by atoms with E-state index in [9.17, 15) is 4.79 Å². The number of carbonyl (C=O) groups is 1. The molecular weight excluding hydrogens is 244 g/mol. The van der Waals surface area contributed by atoms with Crippen LogP contribution >= 0.6 is 11.6 Å². The number of aromatic carboxylic acids is 1. The van der Waals surface area contributed by atoms with Gasteiger partial charge in [0.1, 0.15) is 5.56 Å². The minimum Gasteiger partial charge on any atom is -0.480 e.